The fraction of sp³-hybridized carbons (Fsp3) is 0.375. The molecule has 1 aliphatic rings. The SMILES string of the molecule is CN(CCc1ccc([N+](=O)[O-])cc1)C(=O)C1(NC(=O)Cn2ccc(-c3ccco3)n2)CCNCC1. The van der Waals surface area contributed by atoms with E-state index >= 15 is 0 Å². The van der Waals surface area contributed by atoms with Crippen LogP contribution in [0.5, 0.6) is 0 Å². The second-order valence-corrected chi connectivity index (χ2v) is 8.66. The summed E-state index contributed by atoms with van der Waals surface area (Å²) in [6.07, 6.45) is 4.77. The van der Waals surface area contributed by atoms with Crippen molar-refractivity contribution in [1.29, 1.82) is 0 Å². The molecule has 11 nitrogen and oxygen atoms in total. The van der Waals surface area contributed by atoms with Crippen molar-refractivity contribution in [3.8, 4) is 11.5 Å². The number of nitrogens with zero attached hydrogens (tertiary/aromatic N) is 4. The zero-order valence-corrected chi connectivity index (χ0v) is 19.5. The largest absolute Gasteiger partial charge is 0.463 e. The third kappa shape index (κ3) is 5.75. The molecule has 0 bridgehead atoms. The van der Waals surface area contributed by atoms with Gasteiger partial charge in [-0.3, -0.25) is 24.4 Å². The number of furan rings is 1. The van der Waals surface area contributed by atoms with Crippen molar-refractivity contribution in [3.63, 3.8) is 0 Å². The number of hydrogen-bond donors (Lipinski definition) is 2. The van der Waals surface area contributed by atoms with E-state index in [1.165, 1.54) is 16.8 Å². The molecule has 3 heterocycles. The van der Waals surface area contributed by atoms with Crippen LogP contribution in [0.15, 0.2) is 59.3 Å². The van der Waals surface area contributed by atoms with Gasteiger partial charge in [0.25, 0.3) is 5.69 Å². The van der Waals surface area contributed by atoms with Gasteiger partial charge in [-0.25, -0.2) is 0 Å². The van der Waals surface area contributed by atoms with E-state index in [1.807, 2.05) is 0 Å². The first-order valence-corrected chi connectivity index (χ1v) is 11.4. The van der Waals surface area contributed by atoms with E-state index in [1.54, 1.807) is 54.7 Å². The molecule has 0 unspecified atom stereocenters. The third-order valence-corrected chi connectivity index (χ3v) is 6.19. The Balaban J connectivity index is 1.38. The summed E-state index contributed by atoms with van der Waals surface area (Å²) < 4.78 is 6.86. The number of piperidine rings is 1. The molecule has 2 aromatic heterocycles. The Morgan fingerprint density at radius 1 is 1.23 bits per heavy atom. The Morgan fingerprint density at radius 2 is 1.97 bits per heavy atom. The molecule has 4 rings (SSSR count). The highest BCUT2D eigenvalue weighted by Crippen LogP contribution is 2.22. The lowest BCUT2D eigenvalue weighted by molar-refractivity contribution is -0.384. The van der Waals surface area contributed by atoms with Crippen molar-refractivity contribution < 1.29 is 18.9 Å². The predicted octanol–water partition coefficient (Wildman–Crippen LogP) is 1.99. The van der Waals surface area contributed by atoms with Crippen LogP contribution in [0.2, 0.25) is 0 Å². The van der Waals surface area contributed by atoms with E-state index in [2.05, 4.69) is 15.7 Å². The first kappa shape index (κ1) is 24.1. The van der Waals surface area contributed by atoms with Gasteiger partial charge in [-0.15, -0.1) is 0 Å². The molecule has 1 aliphatic heterocycles. The lowest BCUT2D eigenvalue weighted by atomic mass is 9.86. The maximum Gasteiger partial charge on any atom is 0.269 e. The van der Waals surface area contributed by atoms with Gasteiger partial charge in [0.15, 0.2) is 5.76 Å². The smallest absolute Gasteiger partial charge is 0.269 e. The Kier molecular flexibility index (Phi) is 7.25. The number of non-ortho nitro benzene ring substituents is 1. The van der Waals surface area contributed by atoms with E-state index in [0.717, 1.165) is 5.56 Å². The molecule has 0 atom stereocenters. The molecule has 1 saturated heterocycles. The standard InChI is InChI=1S/C24H28N6O5/c1-28(14-8-18-4-6-19(7-5-18)30(33)34)23(32)24(10-12-25-13-11-24)26-22(31)17-29-15-9-20(27-29)21-3-2-16-35-21/h2-7,9,15-16,25H,8,10-14,17H2,1H3,(H,26,31). The zero-order chi connectivity index (χ0) is 24.8. The van der Waals surface area contributed by atoms with Crippen LogP contribution in [-0.2, 0) is 22.6 Å². The number of nitro groups is 1. The molecule has 3 aromatic rings. The number of amides is 2. The van der Waals surface area contributed by atoms with Crippen LogP contribution in [0.1, 0.15) is 18.4 Å². The molecule has 184 valence electrons. The van der Waals surface area contributed by atoms with Gasteiger partial charge in [0, 0.05) is 31.9 Å². The van der Waals surface area contributed by atoms with Crippen LogP contribution in [0.3, 0.4) is 0 Å². The summed E-state index contributed by atoms with van der Waals surface area (Å²) >= 11 is 0. The van der Waals surface area contributed by atoms with Crippen molar-refractivity contribution in [1.82, 2.24) is 25.3 Å². The summed E-state index contributed by atoms with van der Waals surface area (Å²) in [6.45, 7) is 1.64. The molecule has 0 spiro atoms. The van der Waals surface area contributed by atoms with Crippen molar-refractivity contribution in [2.45, 2.75) is 31.3 Å². The molecular weight excluding hydrogens is 452 g/mol. The summed E-state index contributed by atoms with van der Waals surface area (Å²) in [6, 6.07) is 11.6. The number of likely N-dealkylation sites (N-methyl/N-ethyl adjacent to an activating group) is 1. The van der Waals surface area contributed by atoms with Gasteiger partial charge in [-0.2, -0.15) is 5.10 Å². The molecular formula is C24H28N6O5. The van der Waals surface area contributed by atoms with Gasteiger partial charge in [0.2, 0.25) is 11.8 Å². The number of rotatable bonds is 9. The van der Waals surface area contributed by atoms with Crippen molar-refractivity contribution in [3.05, 3.63) is 70.6 Å². The Morgan fingerprint density at radius 3 is 2.63 bits per heavy atom. The lowest BCUT2D eigenvalue weighted by Crippen LogP contribution is -2.63. The summed E-state index contributed by atoms with van der Waals surface area (Å²) in [5.41, 5.74) is 0.554. The third-order valence-electron chi connectivity index (χ3n) is 6.19. The monoisotopic (exact) mass is 480 g/mol. The zero-order valence-electron chi connectivity index (χ0n) is 19.5. The van der Waals surface area contributed by atoms with E-state index in [-0.39, 0.29) is 24.0 Å². The van der Waals surface area contributed by atoms with Crippen LogP contribution in [-0.4, -0.2) is 63.6 Å². The number of aromatic nitrogens is 2. The normalized spacial score (nSPS) is 14.9. The second kappa shape index (κ2) is 10.5. The Hall–Kier alpha value is -3.99. The summed E-state index contributed by atoms with van der Waals surface area (Å²) in [5, 5.41) is 21.5. The number of nitro benzene ring substituents is 1. The molecule has 0 radical (unpaired) electrons. The van der Waals surface area contributed by atoms with Crippen molar-refractivity contribution in [2.24, 2.45) is 0 Å². The topological polar surface area (TPSA) is 136 Å². The summed E-state index contributed by atoms with van der Waals surface area (Å²) in [7, 11) is 1.72. The van der Waals surface area contributed by atoms with Gasteiger partial charge < -0.3 is 20.0 Å². The van der Waals surface area contributed by atoms with Gasteiger partial charge in [0.05, 0.1) is 11.2 Å². The van der Waals surface area contributed by atoms with Crippen LogP contribution in [0, 0.1) is 10.1 Å². The van der Waals surface area contributed by atoms with Gasteiger partial charge in [0.1, 0.15) is 17.8 Å². The fourth-order valence-corrected chi connectivity index (χ4v) is 4.25. The highest BCUT2D eigenvalue weighted by atomic mass is 16.6. The van der Waals surface area contributed by atoms with Crippen LogP contribution in [0.25, 0.3) is 11.5 Å². The van der Waals surface area contributed by atoms with Gasteiger partial charge in [-0.05, 0) is 56.1 Å². The van der Waals surface area contributed by atoms with E-state index in [9.17, 15) is 19.7 Å². The van der Waals surface area contributed by atoms with Crippen molar-refractivity contribution >= 4 is 17.5 Å². The average Bonchev–Trinajstić information content (AvgIpc) is 3.55. The van der Waals surface area contributed by atoms with Crippen molar-refractivity contribution in [2.75, 3.05) is 26.7 Å². The highest BCUT2D eigenvalue weighted by molar-refractivity contribution is 5.91. The number of nitrogens with one attached hydrogen (secondary N) is 2. The quantitative estimate of drug-likeness (QED) is 0.353. The van der Waals surface area contributed by atoms with E-state index in [0.29, 0.717) is 50.4 Å². The van der Waals surface area contributed by atoms with Crippen LogP contribution in [0.4, 0.5) is 5.69 Å². The maximum absolute atomic E-state index is 13.5. The average molecular weight is 481 g/mol. The highest BCUT2D eigenvalue weighted by Gasteiger charge is 2.42. The molecule has 1 fully saturated rings. The van der Waals surface area contributed by atoms with E-state index in [4.69, 9.17) is 4.42 Å². The summed E-state index contributed by atoms with van der Waals surface area (Å²) in [5.74, 6) is 0.174. The minimum absolute atomic E-state index is 0.0182. The fourth-order valence-electron chi connectivity index (χ4n) is 4.25. The number of carbonyl (C=O) groups excluding carboxylic acids is 2. The molecule has 0 aliphatic carbocycles. The second-order valence-electron chi connectivity index (χ2n) is 8.66. The Labute approximate surface area is 202 Å². The Bertz CT molecular complexity index is 1170. The first-order chi connectivity index (χ1) is 16.9. The molecule has 35 heavy (non-hydrogen) atoms. The minimum atomic E-state index is -0.996. The van der Waals surface area contributed by atoms with Crippen LogP contribution >= 0.6 is 0 Å². The molecule has 2 amide bonds. The van der Waals surface area contributed by atoms with Crippen LogP contribution < -0.4 is 10.6 Å². The lowest BCUT2D eigenvalue weighted by Gasteiger charge is -2.39. The van der Waals surface area contributed by atoms with Gasteiger partial charge >= 0.3 is 0 Å². The number of hydrogen-bond acceptors (Lipinski definition) is 7. The summed E-state index contributed by atoms with van der Waals surface area (Å²) in [4.78, 5) is 38.4. The predicted molar refractivity (Wildman–Crippen MR) is 127 cm³/mol. The van der Waals surface area contributed by atoms with Gasteiger partial charge in [-0.1, -0.05) is 12.1 Å². The number of benzene rings is 1. The van der Waals surface area contributed by atoms with E-state index < -0.39 is 10.5 Å². The number of carbonyl (C=O) groups is 2. The maximum atomic E-state index is 13.5. The molecule has 11 heteroatoms. The molecule has 0 saturated carbocycles. The molecule has 1 aromatic carbocycles. The first-order valence-electron chi connectivity index (χ1n) is 11.4. The molecule has 2 N–H and O–H groups in total. The minimum Gasteiger partial charge on any atom is -0.463 e.